The smallest absolute Gasteiger partial charge is 0.240 e. The Balaban J connectivity index is 0.00000484. The molecule has 0 aromatic rings. The standard InChI is InChI=1S/C16H32N4O2.HI/c1-6-17-15(18-9-10-22-12-13-7-8-13)20(5)11-14(21)19-16(2,3)4;/h13H,6-12H2,1-5H3,(H,17,18)(H,19,21);1H. The van der Waals surface area contributed by atoms with Gasteiger partial charge in [-0.3, -0.25) is 9.79 Å². The van der Waals surface area contributed by atoms with Crippen LogP contribution in [0.15, 0.2) is 4.99 Å². The van der Waals surface area contributed by atoms with E-state index < -0.39 is 0 Å². The van der Waals surface area contributed by atoms with Gasteiger partial charge in [0.2, 0.25) is 5.91 Å². The highest BCUT2D eigenvalue weighted by atomic mass is 127. The molecule has 1 aliphatic rings. The molecular formula is C16H33IN4O2. The van der Waals surface area contributed by atoms with Gasteiger partial charge in [-0.05, 0) is 46.5 Å². The normalized spacial score (nSPS) is 14.9. The van der Waals surface area contributed by atoms with E-state index in [-0.39, 0.29) is 42.0 Å². The minimum absolute atomic E-state index is 0. The minimum Gasteiger partial charge on any atom is -0.379 e. The van der Waals surface area contributed by atoms with Crippen molar-refractivity contribution in [3.05, 3.63) is 0 Å². The number of nitrogens with one attached hydrogen (secondary N) is 2. The lowest BCUT2D eigenvalue weighted by molar-refractivity contribution is -0.122. The van der Waals surface area contributed by atoms with Crippen molar-refractivity contribution in [2.45, 2.75) is 46.1 Å². The molecule has 0 atom stereocenters. The third-order valence-corrected chi connectivity index (χ3v) is 3.14. The van der Waals surface area contributed by atoms with Crippen LogP contribution in [0.2, 0.25) is 0 Å². The number of nitrogens with zero attached hydrogens (tertiary/aromatic N) is 2. The fraction of sp³-hybridized carbons (Fsp3) is 0.875. The molecule has 0 unspecified atom stereocenters. The molecule has 0 saturated heterocycles. The average Bonchev–Trinajstić information content (AvgIpc) is 3.18. The quantitative estimate of drug-likeness (QED) is 0.262. The minimum atomic E-state index is -0.218. The molecule has 1 fully saturated rings. The highest BCUT2D eigenvalue weighted by Gasteiger charge is 2.21. The zero-order chi connectivity index (χ0) is 16.6. The summed E-state index contributed by atoms with van der Waals surface area (Å²) in [7, 11) is 1.87. The fourth-order valence-corrected chi connectivity index (χ4v) is 1.97. The van der Waals surface area contributed by atoms with E-state index in [9.17, 15) is 4.79 Å². The van der Waals surface area contributed by atoms with E-state index in [1.165, 1.54) is 12.8 Å². The van der Waals surface area contributed by atoms with Crippen LogP contribution in [0, 0.1) is 5.92 Å². The van der Waals surface area contributed by atoms with E-state index in [4.69, 9.17) is 4.74 Å². The highest BCUT2D eigenvalue weighted by molar-refractivity contribution is 14.0. The molecule has 136 valence electrons. The molecule has 7 heteroatoms. The first-order valence-corrected chi connectivity index (χ1v) is 8.20. The Kier molecular flexibility index (Phi) is 10.8. The third-order valence-electron chi connectivity index (χ3n) is 3.14. The second-order valence-corrected chi connectivity index (χ2v) is 6.91. The predicted molar refractivity (Wildman–Crippen MR) is 105 cm³/mol. The van der Waals surface area contributed by atoms with Crippen molar-refractivity contribution in [3.8, 4) is 0 Å². The summed E-state index contributed by atoms with van der Waals surface area (Å²) < 4.78 is 5.58. The van der Waals surface area contributed by atoms with Gasteiger partial charge in [-0.15, -0.1) is 24.0 Å². The summed E-state index contributed by atoms with van der Waals surface area (Å²) in [6.07, 6.45) is 2.61. The molecule has 1 saturated carbocycles. The molecule has 1 rings (SSSR count). The van der Waals surface area contributed by atoms with Crippen LogP contribution < -0.4 is 10.6 Å². The van der Waals surface area contributed by atoms with E-state index in [0.717, 1.165) is 25.0 Å². The van der Waals surface area contributed by atoms with Gasteiger partial charge >= 0.3 is 0 Å². The zero-order valence-electron chi connectivity index (χ0n) is 15.1. The lowest BCUT2D eigenvalue weighted by atomic mass is 10.1. The highest BCUT2D eigenvalue weighted by Crippen LogP contribution is 2.28. The Bertz CT molecular complexity index is 379. The number of carbonyl (C=O) groups is 1. The summed E-state index contributed by atoms with van der Waals surface area (Å²) >= 11 is 0. The number of likely N-dealkylation sites (N-methyl/N-ethyl adjacent to an activating group) is 1. The number of hydrogen-bond donors (Lipinski definition) is 2. The number of halogens is 1. The van der Waals surface area contributed by atoms with Gasteiger partial charge < -0.3 is 20.3 Å². The maximum absolute atomic E-state index is 12.0. The van der Waals surface area contributed by atoms with Crippen molar-refractivity contribution in [2.24, 2.45) is 10.9 Å². The molecule has 0 aliphatic heterocycles. The van der Waals surface area contributed by atoms with E-state index in [1.807, 2.05) is 39.6 Å². The van der Waals surface area contributed by atoms with Crippen LogP contribution in [0.25, 0.3) is 0 Å². The second kappa shape index (κ2) is 11.1. The lowest BCUT2D eigenvalue weighted by Crippen LogP contribution is -2.48. The van der Waals surface area contributed by atoms with Gasteiger partial charge in [0.25, 0.3) is 0 Å². The first-order chi connectivity index (χ1) is 10.3. The van der Waals surface area contributed by atoms with Crippen LogP contribution in [-0.2, 0) is 9.53 Å². The van der Waals surface area contributed by atoms with Gasteiger partial charge in [-0.1, -0.05) is 0 Å². The van der Waals surface area contributed by atoms with Gasteiger partial charge in [0.15, 0.2) is 5.96 Å². The summed E-state index contributed by atoms with van der Waals surface area (Å²) in [5, 5.41) is 6.16. The monoisotopic (exact) mass is 440 g/mol. The topological polar surface area (TPSA) is 66.0 Å². The maximum atomic E-state index is 12.0. The number of hydrogen-bond acceptors (Lipinski definition) is 3. The summed E-state index contributed by atoms with van der Waals surface area (Å²) in [6.45, 7) is 11.1. The van der Waals surface area contributed by atoms with Crippen LogP contribution in [0.1, 0.15) is 40.5 Å². The van der Waals surface area contributed by atoms with Crippen LogP contribution in [0.5, 0.6) is 0 Å². The van der Waals surface area contributed by atoms with Crippen LogP contribution in [0.3, 0.4) is 0 Å². The van der Waals surface area contributed by atoms with E-state index in [0.29, 0.717) is 13.2 Å². The molecule has 6 nitrogen and oxygen atoms in total. The molecule has 0 aromatic carbocycles. The van der Waals surface area contributed by atoms with Crippen molar-refractivity contribution in [1.29, 1.82) is 0 Å². The van der Waals surface area contributed by atoms with E-state index >= 15 is 0 Å². The molecule has 1 aliphatic carbocycles. The van der Waals surface area contributed by atoms with Crippen LogP contribution in [0.4, 0.5) is 0 Å². The second-order valence-electron chi connectivity index (χ2n) is 6.91. The molecular weight excluding hydrogens is 407 g/mol. The SMILES string of the molecule is CCNC(=NCCOCC1CC1)N(C)CC(=O)NC(C)(C)C.I. The predicted octanol–water partition coefficient (Wildman–Crippen LogP) is 1.84. The molecule has 0 heterocycles. The summed E-state index contributed by atoms with van der Waals surface area (Å²) in [4.78, 5) is 18.3. The third kappa shape index (κ3) is 11.6. The molecule has 23 heavy (non-hydrogen) atoms. The lowest BCUT2D eigenvalue weighted by Gasteiger charge is -2.25. The first kappa shape index (κ1) is 22.4. The average molecular weight is 440 g/mol. The van der Waals surface area contributed by atoms with E-state index in [1.54, 1.807) is 0 Å². The molecule has 0 spiro atoms. The number of carbonyl (C=O) groups excluding carboxylic acids is 1. The zero-order valence-corrected chi connectivity index (χ0v) is 17.5. The van der Waals surface area contributed by atoms with Gasteiger partial charge in [0.05, 0.1) is 19.7 Å². The number of ether oxygens (including phenoxy) is 1. The number of aliphatic imine (C=N–C) groups is 1. The number of rotatable bonds is 8. The number of guanidine groups is 1. The van der Waals surface area contributed by atoms with Gasteiger partial charge in [0.1, 0.15) is 0 Å². The molecule has 2 N–H and O–H groups in total. The molecule has 0 aromatic heterocycles. The summed E-state index contributed by atoms with van der Waals surface area (Å²) in [6, 6.07) is 0. The summed E-state index contributed by atoms with van der Waals surface area (Å²) in [5.41, 5.74) is -0.218. The van der Waals surface area contributed by atoms with Crippen molar-refractivity contribution < 1.29 is 9.53 Å². The summed E-state index contributed by atoms with van der Waals surface area (Å²) in [5.74, 6) is 1.51. The van der Waals surface area contributed by atoms with Gasteiger partial charge in [0, 0.05) is 25.7 Å². The van der Waals surface area contributed by atoms with Gasteiger partial charge in [-0.25, -0.2) is 0 Å². The largest absolute Gasteiger partial charge is 0.379 e. The van der Waals surface area contributed by atoms with Crippen molar-refractivity contribution >= 4 is 35.8 Å². The van der Waals surface area contributed by atoms with Crippen LogP contribution in [-0.4, -0.2) is 62.2 Å². The van der Waals surface area contributed by atoms with E-state index in [2.05, 4.69) is 15.6 Å². The Hall–Kier alpha value is -0.570. The van der Waals surface area contributed by atoms with Gasteiger partial charge in [-0.2, -0.15) is 0 Å². The molecule has 0 bridgehead atoms. The molecule has 0 radical (unpaired) electrons. The van der Waals surface area contributed by atoms with Crippen molar-refractivity contribution in [1.82, 2.24) is 15.5 Å². The van der Waals surface area contributed by atoms with Crippen LogP contribution >= 0.6 is 24.0 Å². The first-order valence-electron chi connectivity index (χ1n) is 8.20. The fourth-order valence-electron chi connectivity index (χ4n) is 1.97. The Morgan fingerprint density at radius 1 is 1.35 bits per heavy atom. The van der Waals surface area contributed by atoms with Crippen molar-refractivity contribution in [2.75, 3.05) is 39.9 Å². The Morgan fingerprint density at radius 2 is 2.00 bits per heavy atom. The Morgan fingerprint density at radius 3 is 2.52 bits per heavy atom. The molecule has 1 amide bonds. The number of amides is 1. The van der Waals surface area contributed by atoms with Crippen molar-refractivity contribution in [3.63, 3.8) is 0 Å². The maximum Gasteiger partial charge on any atom is 0.240 e. The Labute approximate surface area is 157 Å².